The highest BCUT2D eigenvalue weighted by atomic mass is 79.9. The summed E-state index contributed by atoms with van der Waals surface area (Å²) in [6.45, 7) is 2.02. The highest BCUT2D eigenvalue weighted by Crippen LogP contribution is 2.31. The fourth-order valence-electron chi connectivity index (χ4n) is 0.865. The molecule has 0 aromatic carbocycles. The lowest BCUT2D eigenvalue weighted by molar-refractivity contribution is 0.764. The Bertz CT molecular complexity index is 299. The van der Waals surface area contributed by atoms with E-state index < -0.39 is 0 Å². The maximum Gasteiger partial charge on any atom is 0.0731 e. The zero-order valence-electron chi connectivity index (χ0n) is 7.08. The van der Waals surface area contributed by atoms with Gasteiger partial charge in [-0.05, 0) is 34.5 Å². The van der Waals surface area contributed by atoms with E-state index in [1.54, 1.807) is 11.3 Å². The summed E-state index contributed by atoms with van der Waals surface area (Å²) in [4.78, 5) is 1.07. The normalized spacial score (nSPS) is 11.5. The Morgan fingerprint density at radius 1 is 1.77 bits per heavy atom. The first-order chi connectivity index (χ1) is 5.65. The highest BCUT2D eigenvalue weighted by molar-refractivity contribution is 9.11. The summed E-state index contributed by atoms with van der Waals surface area (Å²) < 4.78 is 1.10. The van der Waals surface area contributed by atoms with Crippen LogP contribution in [-0.2, 0) is 0 Å². The van der Waals surface area contributed by atoms with E-state index in [9.17, 15) is 0 Å². The first kappa shape index (κ1) is 12.9. The maximum atomic E-state index is 8.44. The first-order valence-electron chi connectivity index (χ1n) is 3.53. The second-order valence-corrected chi connectivity index (χ2v) is 4.98. The topological polar surface area (TPSA) is 49.8 Å². The number of hydrogen-bond acceptors (Lipinski definition) is 3. The third-order valence-corrected chi connectivity index (χ3v) is 3.82. The Balaban J connectivity index is 0.00000144. The molecule has 72 valence electrons. The molecule has 1 rings (SSSR count). The molecule has 2 nitrogen and oxygen atoms in total. The number of nitrogens with two attached hydrogens (primary N) is 1. The Kier molecular flexibility index (Phi) is 5.57. The van der Waals surface area contributed by atoms with Gasteiger partial charge in [0.05, 0.1) is 22.3 Å². The van der Waals surface area contributed by atoms with Gasteiger partial charge in [-0.3, -0.25) is 0 Å². The Morgan fingerprint density at radius 2 is 2.38 bits per heavy atom. The molecule has 0 aliphatic rings. The Hall–Kier alpha value is -0.0800. The molecule has 0 amide bonds. The number of nitriles is 1. The fourth-order valence-corrected chi connectivity index (χ4v) is 2.44. The van der Waals surface area contributed by atoms with Crippen LogP contribution in [0.15, 0.2) is 9.85 Å². The summed E-state index contributed by atoms with van der Waals surface area (Å²) in [5.74, 6) is 0. The molecule has 1 atom stereocenters. The van der Waals surface area contributed by atoms with Crippen molar-refractivity contribution in [2.75, 3.05) is 0 Å². The Morgan fingerprint density at radius 3 is 2.77 bits per heavy atom. The summed E-state index contributed by atoms with van der Waals surface area (Å²) in [5.41, 5.74) is 6.94. The lowest BCUT2D eigenvalue weighted by atomic mass is 10.2. The molecule has 0 unspecified atom stereocenters. The van der Waals surface area contributed by atoms with Crippen LogP contribution in [0.4, 0.5) is 0 Å². The number of thiophene rings is 1. The molecule has 0 bridgehead atoms. The van der Waals surface area contributed by atoms with Crippen molar-refractivity contribution in [2.45, 2.75) is 19.4 Å². The molecule has 0 aliphatic carbocycles. The third-order valence-electron chi connectivity index (χ3n) is 1.55. The van der Waals surface area contributed by atoms with Gasteiger partial charge in [0.1, 0.15) is 0 Å². The first-order valence-corrected chi connectivity index (χ1v) is 5.14. The second-order valence-electron chi connectivity index (χ2n) is 2.57. The molecule has 0 fully saturated rings. The minimum Gasteiger partial charge on any atom is -0.322 e. The second kappa shape index (κ2) is 5.61. The van der Waals surface area contributed by atoms with Gasteiger partial charge in [-0.1, -0.05) is 0 Å². The van der Waals surface area contributed by atoms with Crippen molar-refractivity contribution < 1.29 is 0 Å². The molecule has 5 heteroatoms. The van der Waals surface area contributed by atoms with E-state index in [0.29, 0.717) is 6.42 Å². The van der Waals surface area contributed by atoms with Crippen LogP contribution in [0.25, 0.3) is 0 Å². The average Bonchev–Trinajstić information content (AvgIpc) is 2.33. The van der Waals surface area contributed by atoms with E-state index in [0.717, 1.165) is 8.66 Å². The molecule has 0 saturated heterocycles. The van der Waals surface area contributed by atoms with Crippen LogP contribution in [-0.4, -0.2) is 0 Å². The number of halogens is 2. The highest BCUT2D eigenvalue weighted by Gasteiger charge is 2.09. The van der Waals surface area contributed by atoms with Crippen LogP contribution in [0.2, 0.25) is 0 Å². The summed E-state index contributed by atoms with van der Waals surface area (Å²) in [7, 11) is 0. The molecule has 0 spiro atoms. The van der Waals surface area contributed by atoms with Crippen molar-refractivity contribution in [1.29, 1.82) is 5.26 Å². The van der Waals surface area contributed by atoms with Crippen LogP contribution >= 0.6 is 39.7 Å². The standard InChI is InChI=1S/C8H9BrN2S.ClH/c1-5-4-7(12-8(5)9)6(11)2-3-10;/h4,6H,2,11H2,1H3;1H/t6-;/m1./s1. The van der Waals surface area contributed by atoms with E-state index in [-0.39, 0.29) is 18.4 Å². The fraction of sp³-hybridized carbons (Fsp3) is 0.375. The van der Waals surface area contributed by atoms with Gasteiger partial charge in [-0.25, -0.2) is 0 Å². The molecule has 13 heavy (non-hydrogen) atoms. The summed E-state index contributed by atoms with van der Waals surface area (Å²) >= 11 is 5.02. The molecular weight excluding hydrogens is 272 g/mol. The molecule has 1 heterocycles. The lowest BCUT2D eigenvalue weighted by Gasteiger charge is -2.01. The average molecular weight is 282 g/mol. The van der Waals surface area contributed by atoms with E-state index >= 15 is 0 Å². The van der Waals surface area contributed by atoms with Gasteiger partial charge in [-0.15, -0.1) is 23.7 Å². The van der Waals surface area contributed by atoms with E-state index in [4.69, 9.17) is 11.0 Å². The minimum absolute atomic E-state index is 0. The summed E-state index contributed by atoms with van der Waals surface area (Å²) in [6, 6.07) is 3.95. The predicted octanol–water partition coefficient (Wildman–Crippen LogP) is 3.15. The number of hydrogen-bond donors (Lipinski definition) is 1. The van der Waals surface area contributed by atoms with Gasteiger partial charge >= 0.3 is 0 Å². The number of nitrogens with zero attached hydrogens (tertiary/aromatic N) is 1. The number of aryl methyl sites for hydroxylation is 1. The van der Waals surface area contributed by atoms with Gasteiger partial charge in [0.2, 0.25) is 0 Å². The molecule has 0 saturated carbocycles. The zero-order valence-corrected chi connectivity index (χ0v) is 10.3. The molecule has 1 aromatic rings. The molecule has 2 N–H and O–H groups in total. The molecule has 0 radical (unpaired) electrons. The van der Waals surface area contributed by atoms with Crippen LogP contribution in [0.5, 0.6) is 0 Å². The van der Waals surface area contributed by atoms with Crippen molar-refractivity contribution in [3.05, 3.63) is 20.3 Å². The third kappa shape index (κ3) is 3.28. The van der Waals surface area contributed by atoms with Crippen molar-refractivity contribution in [3.63, 3.8) is 0 Å². The smallest absolute Gasteiger partial charge is 0.0731 e. The van der Waals surface area contributed by atoms with Gasteiger partial charge in [0.25, 0.3) is 0 Å². The van der Waals surface area contributed by atoms with Gasteiger partial charge < -0.3 is 5.73 Å². The van der Waals surface area contributed by atoms with E-state index in [1.165, 1.54) is 5.56 Å². The Labute approximate surface area is 96.3 Å². The van der Waals surface area contributed by atoms with Crippen LogP contribution in [0.3, 0.4) is 0 Å². The van der Waals surface area contributed by atoms with Crippen LogP contribution < -0.4 is 5.73 Å². The predicted molar refractivity (Wildman–Crippen MR) is 61.2 cm³/mol. The van der Waals surface area contributed by atoms with Crippen molar-refractivity contribution in [3.8, 4) is 6.07 Å². The van der Waals surface area contributed by atoms with E-state index in [2.05, 4.69) is 22.0 Å². The molecular formula is C8H10BrClN2S. The molecule has 1 aromatic heterocycles. The molecule has 0 aliphatic heterocycles. The monoisotopic (exact) mass is 280 g/mol. The number of rotatable bonds is 2. The summed E-state index contributed by atoms with van der Waals surface area (Å²) in [5, 5.41) is 8.44. The minimum atomic E-state index is -0.134. The van der Waals surface area contributed by atoms with Crippen molar-refractivity contribution >= 4 is 39.7 Å². The SMILES string of the molecule is Cc1cc([C@H](N)CC#N)sc1Br.Cl. The van der Waals surface area contributed by atoms with Crippen molar-refractivity contribution in [1.82, 2.24) is 0 Å². The van der Waals surface area contributed by atoms with Gasteiger partial charge in [0, 0.05) is 4.88 Å². The van der Waals surface area contributed by atoms with E-state index in [1.807, 2.05) is 13.0 Å². The van der Waals surface area contributed by atoms with Gasteiger partial charge in [0.15, 0.2) is 0 Å². The quantitative estimate of drug-likeness (QED) is 0.905. The zero-order chi connectivity index (χ0) is 9.14. The lowest BCUT2D eigenvalue weighted by Crippen LogP contribution is -2.06. The van der Waals surface area contributed by atoms with Crippen LogP contribution in [0.1, 0.15) is 22.9 Å². The van der Waals surface area contributed by atoms with Gasteiger partial charge in [-0.2, -0.15) is 5.26 Å². The largest absolute Gasteiger partial charge is 0.322 e. The van der Waals surface area contributed by atoms with Crippen LogP contribution in [0, 0.1) is 18.3 Å². The summed E-state index contributed by atoms with van der Waals surface area (Å²) in [6.07, 6.45) is 0.381. The maximum absolute atomic E-state index is 8.44. The van der Waals surface area contributed by atoms with Crippen molar-refractivity contribution in [2.24, 2.45) is 5.73 Å².